The molecule has 0 saturated heterocycles. The zero-order chi connectivity index (χ0) is 14.7. The van der Waals surface area contributed by atoms with Crippen LogP contribution in [0.15, 0.2) is 24.5 Å². The lowest BCUT2D eigenvalue weighted by atomic mass is 10.1. The minimum atomic E-state index is -0.0216. The molecular weight excluding hydrogens is 250 g/mol. The molecule has 4 nitrogen and oxygen atoms in total. The Balaban J connectivity index is 2.14. The Morgan fingerprint density at radius 1 is 1.30 bits per heavy atom. The summed E-state index contributed by atoms with van der Waals surface area (Å²) >= 11 is 0. The van der Waals surface area contributed by atoms with Crippen molar-refractivity contribution in [1.82, 2.24) is 14.9 Å². The summed E-state index contributed by atoms with van der Waals surface area (Å²) in [6, 6.07) is 6.07. The van der Waals surface area contributed by atoms with E-state index in [9.17, 15) is 4.79 Å². The van der Waals surface area contributed by atoms with Gasteiger partial charge in [-0.1, -0.05) is 13.8 Å². The highest BCUT2D eigenvalue weighted by atomic mass is 16.1. The molecule has 0 aliphatic rings. The minimum absolute atomic E-state index is 0.0216. The fourth-order valence-corrected chi connectivity index (χ4v) is 2.16. The summed E-state index contributed by atoms with van der Waals surface area (Å²) in [5, 5.41) is 2.95. The normalized spacial score (nSPS) is 11.5. The van der Waals surface area contributed by atoms with Gasteiger partial charge in [0.25, 0.3) is 5.91 Å². The second-order valence-corrected chi connectivity index (χ2v) is 5.89. The second kappa shape index (κ2) is 6.07. The Hall–Kier alpha value is -1.84. The standard InChI is InChI=1S/C16H23N3O/c1-11(2)7-8-17-16(20)13-5-6-15-14(9-13)18-10-19(15)12(3)4/h5-6,9-12H,7-8H2,1-4H3,(H,17,20). The fourth-order valence-electron chi connectivity index (χ4n) is 2.16. The highest BCUT2D eigenvalue weighted by Crippen LogP contribution is 2.18. The van der Waals surface area contributed by atoms with Gasteiger partial charge in [-0.3, -0.25) is 4.79 Å². The molecule has 0 fully saturated rings. The van der Waals surface area contributed by atoms with Crippen LogP contribution in [0.5, 0.6) is 0 Å². The fraction of sp³-hybridized carbons (Fsp3) is 0.500. The third kappa shape index (κ3) is 3.18. The van der Waals surface area contributed by atoms with Gasteiger partial charge >= 0.3 is 0 Å². The molecule has 4 heteroatoms. The van der Waals surface area contributed by atoms with E-state index in [-0.39, 0.29) is 5.91 Å². The van der Waals surface area contributed by atoms with Gasteiger partial charge in [-0.2, -0.15) is 0 Å². The number of carbonyl (C=O) groups excluding carboxylic acids is 1. The number of hydrogen-bond acceptors (Lipinski definition) is 2. The van der Waals surface area contributed by atoms with Crippen molar-refractivity contribution in [3.63, 3.8) is 0 Å². The number of nitrogens with one attached hydrogen (secondary N) is 1. The molecule has 1 heterocycles. The molecule has 1 N–H and O–H groups in total. The van der Waals surface area contributed by atoms with Gasteiger partial charge in [-0.15, -0.1) is 0 Å². The Morgan fingerprint density at radius 3 is 2.70 bits per heavy atom. The molecule has 0 spiro atoms. The molecule has 0 aliphatic heterocycles. The summed E-state index contributed by atoms with van der Waals surface area (Å²) < 4.78 is 2.11. The van der Waals surface area contributed by atoms with Crippen LogP contribution in [0.1, 0.15) is 50.5 Å². The summed E-state index contributed by atoms with van der Waals surface area (Å²) in [5.74, 6) is 0.575. The summed E-state index contributed by atoms with van der Waals surface area (Å²) in [7, 11) is 0. The smallest absolute Gasteiger partial charge is 0.251 e. The van der Waals surface area contributed by atoms with Gasteiger partial charge in [0, 0.05) is 18.2 Å². The highest BCUT2D eigenvalue weighted by Gasteiger charge is 2.10. The zero-order valence-corrected chi connectivity index (χ0v) is 12.7. The van der Waals surface area contributed by atoms with Gasteiger partial charge in [0.05, 0.1) is 17.4 Å². The third-order valence-corrected chi connectivity index (χ3v) is 3.40. The number of rotatable bonds is 5. The number of hydrogen-bond donors (Lipinski definition) is 1. The molecule has 0 bridgehead atoms. The average Bonchev–Trinajstić information content (AvgIpc) is 2.80. The molecular formula is C16H23N3O. The van der Waals surface area contributed by atoms with E-state index in [1.165, 1.54) is 0 Å². The molecule has 0 unspecified atom stereocenters. The van der Waals surface area contributed by atoms with E-state index in [0.717, 1.165) is 24.0 Å². The van der Waals surface area contributed by atoms with Crippen LogP contribution in [-0.2, 0) is 0 Å². The molecule has 0 aliphatic carbocycles. The third-order valence-electron chi connectivity index (χ3n) is 3.40. The van der Waals surface area contributed by atoms with E-state index in [4.69, 9.17) is 0 Å². The highest BCUT2D eigenvalue weighted by molar-refractivity contribution is 5.97. The van der Waals surface area contributed by atoms with Gasteiger partial charge in [-0.25, -0.2) is 4.98 Å². The van der Waals surface area contributed by atoms with Crippen molar-refractivity contribution in [1.29, 1.82) is 0 Å². The van der Waals surface area contributed by atoms with Crippen molar-refractivity contribution in [2.45, 2.75) is 40.2 Å². The molecule has 0 radical (unpaired) electrons. The first-order valence-electron chi connectivity index (χ1n) is 7.24. The maximum absolute atomic E-state index is 12.1. The van der Waals surface area contributed by atoms with Crippen LogP contribution in [0.3, 0.4) is 0 Å². The first-order valence-corrected chi connectivity index (χ1v) is 7.24. The summed E-state index contributed by atoms with van der Waals surface area (Å²) in [6.45, 7) is 9.25. The van der Waals surface area contributed by atoms with Crippen molar-refractivity contribution < 1.29 is 4.79 Å². The Morgan fingerprint density at radius 2 is 2.05 bits per heavy atom. The van der Waals surface area contributed by atoms with Crippen LogP contribution in [-0.4, -0.2) is 22.0 Å². The van der Waals surface area contributed by atoms with E-state index in [0.29, 0.717) is 17.5 Å². The lowest BCUT2D eigenvalue weighted by molar-refractivity contribution is 0.0952. The average molecular weight is 273 g/mol. The Bertz CT molecular complexity index is 599. The number of imidazole rings is 1. The number of carbonyl (C=O) groups is 1. The molecule has 1 amide bonds. The van der Waals surface area contributed by atoms with Crippen molar-refractivity contribution in [3.8, 4) is 0 Å². The predicted molar refractivity (Wildman–Crippen MR) is 81.9 cm³/mol. The molecule has 2 aromatic rings. The van der Waals surface area contributed by atoms with Crippen LogP contribution in [0.25, 0.3) is 11.0 Å². The monoisotopic (exact) mass is 273 g/mol. The molecule has 0 atom stereocenters. The molecule has 1 aromatic carbocycles. The van der Waals surface area contributed by atoms with Crippen molar-refractivity contribution in [3.05, 3.63) is 30.1 Å². The van der Waals surface area contributed by atoms with E-state index >= 15 is 0 Å². The maximum atomic E-state index is 12.1. The minimum Gasteiger partial charge on any atom is -0.352 e. The van der Waals surface area contributed by atoms with Crippen LogP contribution in [0, 0.1) is 5.92 Å². The van der Waals surface area contributed by atoms with Crippen LogP contribution >= 0.6 is 0 Å². The summed E-state index contributed by atoms with van der Waals surface area (Å²) in [6.07, 6.45) is 2.83. The predicted octanol–water partition coefficient (Wildman–Crippen LogP) is 3.39. The van der Waals surface area contributed by atoms with Crippen LogP contribution in [0.4, 0.5) is 0 Å². The maximum Gasteiger partial charge on any atom is 0.251 e. The lowest BCUT2D eigenvalue weighted by Crippen LogP contribution is -2.25. The number of amides is 1. The molecule has 108 valence electrons. The number of benzene rings is 1. The first-order chi connectivity index (χ1) is 9.49. The van der Waals surface area contributed by atoms with Gasteiger partial charge < -0.3 is 9.88 Å². The molecule has 20 heavy (non-hydrogen) atoms. The van der Waals surface area contributed by atoms with E-state index in [1.54, 1.807) is 0 Å². The molecule has 0 saturated carbocycles. The molecule has 2 rings (SSSR count). The SMILES string of the molecule is CC(C)CCNC(=O)c1ccc2c(c1)ncn2C(C)C. The number of fused-ring (bicyclic) bond motifs is 1. The van der Waals surface area contributed by atoms with Gasteiger partial charge in [0.2, 0.25) is 0 Å². The zero-order valence-electron chi connectivity index (χ0n) is 12.7. The van der Waals surface area contributed by atoms with E-state index in [1.807, 2.05) is 24.5 Å². The van der Waals surface area contributed by atoms with Gasteiger partial charge in [-0.05, 0) is 44.4 Å². The van der Waals surface area contributed by atoms with Crippen LogP contribution in [0.2, 0.25) is 0 Å². The van der Waals surface area contributed by atoms with Gasteiger partial charge in [0.1, 0.15) is 0 Å². The Labute approximate surface area is 120 Å². The summed E-state index contributed by atoms with van der Waals surface area (Å²) in [4.78, 5) is 16.4. The number of nitrogens with zero attached hydrogens (tertiary/aromatic N) is 2. The van der Waals surface area contributed by atoms with Crippen molar-refractivity contribution in [2.75, 3.05) is 6.54 Å². The van der Waals surface area contributed by atoms with Crippen molar-refractivity contribution in [2.24, 2.45) is 5.92 Å². The van der Waals surface area contributed by atoms with Gasteiger partial charge in [0.15, 0.2) is 0 Å². The van der Waals surface area contributed by atoms with E-state index < -0.39 is 0 Å². The van der Waals surface area contributed by atoms with E-state index in [2.05, 4.69) is 42.6 Å². The van der Waals surface area contributed by atoms with Crippen LogP contribution < -0.4 is 5.32 Å². The lowest BCUT2D eigenvalue weighted by Gasteiger charge is -2.09. The second-order valence-electron chi connectivity index (χ2n) is 5.89. The largest absolute Gasteiger partial charge is 0.352 e. The summed E-state index contributed by atoms with van der Waals surface area (Å²) in [5.41, 5.74) is 2.62. The first kappa shape index (κ1) is 14.6. The molecule has 1 aromatic heterocycles. The van der Waals surface area contributed by atoms with Crippen molar-refractivity contribution >= 4 is 16.9 Å². The Kier molecular flexibility index (Phi) is 4.42. The number of aromatic nitrogens is 2. The quantitative estimate of drug-likeness (QED) is 0.907. The topological polar surface area (TPSA) is 46.9 Å².